The summed E-state index contributed by atoms with van der Waals surface area (Å²) >= 11 is 0. The number of aromatic nitrogens is 3. The fourth-order valence-electron chi connectivity index (χ4n) is 6.03. The number of allylic oxidation sites excluding steroid dienone is 1. The smallest absolute Gasteiger partial charge is 0.264 e. The van der Waals surface area contributed by atoms with Gasteiger partial charge in [-0.25, -0.2) is 0 Å². The lowest BCUT2D eigenvalue weighted by atomic mass is 9.82. The van der Waals surface area contributed by atoms with Gasteiger partial charge in [-0.15, -0.1) is 5.10 Å². The van der Waals surface area contributed by atoms with Crippen molar-refractivity contribution in [1.82, 2.24) is 15.0 Å². The molecule has 0 unspecified atom stereocenters. The largest absolute Gasteiger partial charge is 0.396 e. The molecule has 0 saturated carbocycles. The molecule has 2 amide bonds. The molecule has 43 heavy (non-hydrogen) atoms. The number of para-hydroxylation sites is 1. The third-order valence-corrected chi connectivity index (χ3v) is 8.35. The Balaban J connectivity index is 1.33. The van der Waals surface area contributed by atoms with Crippen LogP contribution in [0.3, 0.4) is 0 Å². The predicted octanol–water partition coefficient (Wildman–Crippen LogP) is 4.44. The first kappa shape index (κ1) is 28.5. The summed E-state index contributed by atoms with van der Waals surface area (Å²) in [4.78, 5) is 30.7. The normalized spacial score (nSPS) is 18.8. The van der Waals surface area contributed by atoms with Gasteiger partial charge in [0.25, 0.3) is 5.91 Å². The summed E-state index contributed by atoms with van der Waals surface area (Å²) in [7, 11) is 0. The van der Waals surface area contributed by atoms with Crippen LogP contribution in [0, 0.1) is 5.92 Å². The molecule has 0 spiro atoms. The number of benzene rings is 3. The Morgan fingerprint density at radius 2 is 1.79 bits per heavy atom. The van der Waals surface area contributed by atoms with Crippen LogP contribution in [0.15, 0.2) is 91.1 Å². The number of aryl methyl sites for hydroxylation is 2. The summed E-state index contributed by atoms with van der Waals surface area (Å²) < 4.78 is 1.71. The molecule has 2 N–H and O–H groups in total. The van der Waals surface area contributed by atoms with Crippen LogP contribution < -0.4 is 9.80 Å². The van der Waals surface area contributed by atoms with Gasteiger partial charge in [0.1, 0.15) is 0 Å². The van der Waals surface area contributed by atoms with Crippen LogP contribution in [0.5, 0.6) is 0 Å². The summed E-state index contributed by atoms with van der Waals surface area (Å²) in [6.45, 7) is 2.75. The van der Waals surface area contributed by atoms with Crippen molar-refractivity contribution in [3.63, 3.8) is 0 Å². The summed E-state index contributed by atoms with van der Waals surface area (Å²) in [6.07, 6.45) is 7.77. The fraction of sp³-hybridized carbons (Fsp3) is 0.294. The minimum atomic E-state index is -1.82. The topological polar surface area (TPSA) is 112 Å². The maximum absolute atomic E-state index is 14.1. The highest BCUT2D eigenvalue weighted by Gasteiger charge is 2.52. The molecule has 0 fully saturated rings. The molecule has 0 aliphatic carbocycles. The van der Waals surface area contributed by atoms with Crippen molar-refractivity contribution in [1.29, 1.82) is 0 Å². The van der Waals surface area contributed by atoms with Crippen molar-refractivity contribution in [2.45, 2.75) is 51.3 Å². The van der Waals surface area contributed by atoms with Crippen molar-refractivity contribution in [3.05, 3.63) is 114 Å². The van der Waals surface area contributed by atoms with E-state index in [-0.39, 0.29) is 12.5 Å². The van der Waals surface area contributed by atoms with Gasteiger partial charge < -0.3 is 15.1 Å². The molecule has 3 aromatic carbocycles. The van der Waals surface area contributed by atoms with E-state index < -0.39 is 17.4 Å². The average Bonchev–Trinajstić information content (AvgIpc) is 3.56. The second-order valence-corrected chi connectivity index (χ2v) is 11.2. The highest BCUT2D eigenvalue weighted by atomic mass is 16.3. The first-order valence-corrected chi connectivity index (χ1v) is 14.7. The van der Waals surface area contributed by atoms with E-state index in [9.17, 15) is 14.7 Å². The molecule has 2 atom stereocenters. The molecular weight excluding hydrogens is 542 g/mol. The van der Waals surface area contributed by atoms with E-state index in [1.165, 1.54) is 0 Å². The van der Waals surface area contributed by atoms with Crippen LogP contribution in [0.1, 0.15) is 42.1 Å². The summed E-state index contributed by atoms with van der Waals surface area (Å²) in [5, 5.41) is 29.5. The van der Waals surface area contributed by atoms with Crippen LogP contribution in [0.4, 0.5) is 17.1 Å². The lowest BCUT2D eigenvalue weighted by Crippen LogP contribution is -2.44. The lowest BCUT2D eigenvalue weighted by molar-refractivity contribution is -0.139. The Morgan fingerprint density at radius 1 is 1.00 bits per heavy atom. The lowest BCUT2D eigenvalue weighted by Gasteiger charge is -2.31. The maximum atomic E-state index is 14.1. The van der Waals surface area contributed by atoms with Gasteiger partial charge in [0, 0.05) is 49.4 Å². The molecule has 2 aliphatic heterocycles. The van der Waals surface area contributed by atoms with Crippen molar-refractivity contribution >= 4 is 28.9 Å². The number of rotatable bonds is 10. The van der Waals surface area contributed by atoms with Gasteiger partial charge in [0.2, 0.25) is 5.91 Å². The second-order valence-electron chi connectivity index (χ2n) is 11.2. The van der Waals surface area contributed by atoms with Crippen molar-refractivity contribution < 1.29 is 19.8 Å². The van der Waals surface area contributed by atoms with Gasteiger partial charge in [-0.2, -0.15) is 0 Å². The van der Waals surface area contributed by atoms with E-state index >= 15 is 0 Å². The molecule has 2 aliphatic rings. The zero-order valence-electron chi connectivity index (χ0n) is 24.1. The summed E-state index contributed by atoms with van der Waals surface area (Å²) in [5.41, 5.74) is 3.53. The first-order valence-electron chi connectivity index (χ1n) is 14.7. The van der Waals surface area contributed by atoms with E-state index in [1.807, 2.05) is 85.8 Å². The number of aliphatic hydroxyl groups excluding tert-OH is 1. The highest BCUT2D eigenvalue weighted by molar-refractivity contribution is 6.09. The third-order valence-electron chi connectivity index (χ3n) is 8.35. The fourth-order valence-corrected chi connectivity index (χ4v) is 6.03. The minimum Gasteiger partial charge on any atom is -0.396 e. The number of nitrogens with zero attached hydrogens (tertiary/aromatic N) is 5. The molecule has 9 heteroatoms. The number of carbonyl (C=O) groups is 2. The van der Waals surface area contributed by atoms with Crippen LogP contribution in [0.25, 0.3) is 0 Å². The van der Waals surface area contributed by atoms with E-state index in [0.717, 1.165) is 22.5 Å². The molecule has 4 aromatic rings. The van der Waals surface area contributed by atoms with Crippen LogP contribution in [-0.2, 0) is 41.1 Å². The standard InChI is InChI=1S/C34H35N5O4/c1-24(9-7-8-19-37-23-27(18-20-40)35-36-37)34(43)29-21-28(39-30-13-6-5-12-26(30)14-17-32(39)41)15-16-31(29)38(33(34)42)22-25-10-3-2-4-11-25/h2-7,9-13,15-16,21,23-24,40,43H,8,14,17-20,22H2,1H3/b9-7+/t24-,34+/m1/s1. The number of hydrogen-bond acceptors (Lipinski definition) is 6. The SMILES string of the molecule is C[C@H](/C=C/CCn1cc(CCO)nn1)[C@@]1(O)C(=O)N(Cc2ccccc2)c2ccc(N3C(=O)CCc4ccccc43)cc21. The van der Waals surface area contributed by atoms with Crippen molar-refractivity contribution in [3.8, 4) is 0 Å². The van der Waals surface area contributed by atoms with E-state index in [4.69, 9.17) is 5.11 Å². The van der Waals surface area contributed by atoms with Gasteiger partial charge in [0.15, 0.2) is 5.60 Å². The average molecular weight is 578 g/mol. The monoisotopic (exact) mass is 577 g/mol. The summed E-state index contributed by atoms with van der Waals surface area (Å²) in [5.74, 6) is -0.966. The van der Waals surface area contributed by atoms with Crippen LogP contribution in [-0.4, -0.2) is 43.6 Å². The van der Waals surface area contributed by atoms with Gasteiger partial charge in [-0.1, -0.05) is 72.8 Å². The van der Waals surface area contributed by atoms with E-state index in [1.54, 1.807) is 26.7 Å². The number of hydrogen-bond donors (Lipinski definition) is 2. The van der Waals surface area contributed by atoms with Crippen molar-refractivity contribution in [2.75, 3.05) is 16.4 Å². The Bertz CT molecular complexity index is 1670. The summed E-state index contributed by atoms with van der Waals surface area (Å²) in [6, 6.07) is 23.1. The molecule has 1 aromatic heterocycles. The maximum Gasteiger partial charge on any atom is 0.264 e. The number of amides is 2. The quantitative estimate of drug-likeness (QED) is 0.270. The Morgan fingerprint density at radius 3 is 2.60 bits per heavy atom. The van der Waals surface area contributed by atoms with Crippen molar-refractivity contribution in [2.24, 2.45) is 5.92 Å². The van der Waals surface area contributed by atoms with E-state index in [2.05, 4.69) is 10.3 Å². The van der Waals surface area contributed by atoms with E-state index in [0.29, 0.717) is 55.7 Å². The molecular formula is C34H35N5O4. The van der Waals surface area contributed by atoms with Gasteiger partial charge in [-0.3, -0.25) is 19.2 Å². The minimum absolute atomic E-state index is 0.0177. The van der Waals surface area contributed by atoms with Gasteiger partial charge >= 0.3 is 0 Å². The number of fused-ring (bicyclic) bond motifs is 2. The second kappa shape index (κ2) is 11.9. The number of aliphatic hydroxyl groups is 2. The Labute approximate surface area is 250 Å². The highest BCUT2D eigenvalue weighted by Crippen LogP contribution is 2.48. The molecule has 0 saturated heterocycles. The number of carbonyl (C=O) groups excluding carboxylic acids is 2. The van der Waals surface area contributed by atoms with Crippen LogP contribution in [0.2, 0.25) is 0 Å². The Hall–Kier alpha value is -4.60. The van der Waals surface area contributed by atoms with Crippen LogP contribution >= 0.6 is 0 Å². The zero-order chi connectivity index (χ0) is 30.0. The zero-order valence-corrected chi connectivity index (χ0v) is 24.1. The predicted molar refractivity (Wildman–Crippen MR) is 164 cm³/mol. The molecule has 0 bridgehead atoms. The number of anilines is 3. The Kier molecular flexibility index (Phi) is 7.92. The molecule has 6 rings (SSSR count). The third kappa shape index (κ3) is 5.37. The molecule has 0 radical (unpaired) electrons. The molecule has 3 heterocycles. The molecule has 9 nitrogen and oxygen atoms in total. The van der Waals surface area contributed by atoms with Gasteiger partial charge in [-0.05, 0) is 48.2 Å². The van der Waals surface area contributed by atoms with Gasteiger partial charge in [0.05, 0.1) is 23.6 Å². The molecule has 220 valence electrons. The first-order chi connectivity index (χ1) is 20.9.